The normalized spacial score (nSPS) is 13.9. The fraction of sp³-hybridized carbons (Fsp3) is 0.333. The van der Waals surface area contributed by atoms with Gasteiger partial charge in [0.15, 0.2) is 0 Å². The molecule has 0 unspecified atom stereocenters. The molecule has 0 spiro atoms. The molecule has 1 N–H and O–H groups in total. The number of allylic oxidation sites excluding steroid dienone is 3. The van der Waals surface area contributed by atoms with Crippen LogP contribution in [0.5, 0.6) is 0 Å². The first kappa shape index (κ1) is 13.7. The van der Waals surface area contributed by atoms with Gasteiger partial charge in [0.1, 0.15) is 17.4 Å². The summed E-state index contributed by atoms with van der Waals surface area (Å²) >= 11 is 0. The van der Waals surface area contributed by atoms with Crippen molar-refractivity contribution < 1.29 is 27.4 Å². The summed E-state index contributed by atoms with van der Waals surface area (Å²) < 4.78 is 52.6. The predicted molar refractivity (Wildman–Crippen MR) is 46.3 cm³/mol. The molecule has 86 valence electrons. The Morgan fingerprint density at radius 1 is 1.47 bits per heavy atom. The van der Waals surface area contributed by atoms with Crippen LogP contribution < -0.4 is 0 Å². The second-order valence-corrected chi connectivity index (χ2v) is 2.52. The summed E-state index contributed by atoms with van der Waals surface area (Å²) in [4.78, 5) is 0. The number of rotatable bonds is 5. The topological polar surface area (TPSA) is 29.5 Å². The first-order valence-electron chi connectivity index (χ1n) is 3.85. The van der Waals surface area contributed by atoms with Gasteiger partial charge in [-0.1, -0.05) is 6.58 Å². The van der Waals surface area contributed by atoms with Gasteiger partial charge in [0, 0.05) is 11.6 Å². The van der Waals surface area contributed by atoms with Gasteiger partial charge in [-0.3, -0.25) is 0 Å². The van der Waals surface area contributed by atoms with E-state index in [-0.39, 0.29) is 0 Å². The summed E-state index contributed by atoms with van der Waals surface area (Å²) in [5.74, 6) is -2.81. The quantitative estimate of drug-likeness (QED) is 0.443. The number of hydrogen-bond donors (Lipinski definition) is 1. The lowest BCUT2D eigenvalue weighted by atomic mass is 10.2. The van der Waals surface area contributed by atoms with E-state index < -0.39 is 36.2 Å². The summed E-state index contributed by atoms with van der Waals surface area (Å²) in [5, 5.41) is 8.54. The Morgan fingerprint density at radius 2 is 2.00 bits per heavy atom. The fourth-order valence-electron chi connectivity index (χ4n) is 0.731. The first-order chi connectivity index (χ1) is 6.88. The number of ether oxygens (including phenoxy) is 1. The maximum Gasteiger partial charge on any atom is 0.387 e. The van der Waals surface area contributed by atoms with Crippen LogP contribution in [-0.2, 0) is 4.74 Å². The van der Waals surface area contributed by atoms with Crippen molar-refractivity contribution in [3.63, 3.8) is 0 Å². The van der Waals surface area contributed by atoms with Crippen molar-refractivity contribution in [2.45, 2.75) is 13.5 Å². The van der Waals surface area contributed by atoms with Crippen molar-refractivity contribution in [1.29, 1.82) is 0 Å². The maximum absolute atomic E-state index is 13.0. The molecule has 0 aromatic carbocycles. The van der Waals surface area contributed by atoms with Crippen LogP contribution in [-0.4, -0.2) is 18.3 Å². The van der Waals surface area contributed by atoms with E-state index in [9.17, 15) is 17.6 Å². The Labute approximate surface area is 84.2 Å². The summed E-state index contributed by atoms with van der Waals surface area (Å²) in [6.07, 6.45) is 0.544. The minimum atomic E-state index is -3.08. The van der Waals surface area contributed by atoms with Crippen LogP contribution in [0.3, 0.4) is 0 Å². The molecule has 2 nitrogen and oxygen atoms in total. The molecule has 0 aliphatic carbocycles. The second kappa shape index (κ2) is 6.23. The van der Waals surface area contributed by atoms with Crippen LogP contribution in [0.25, 0.3) is 0 Å². The third-order valence-electron chi connectivity index (χ3n) is 1.38. The van der Waals surface area contributed by atoms with Crippen molar-refractivity contribution in [2.75, 3.05) is 6.61 Å². The van der Waals surface area contributed by atoms with Crippen molar-refractivity contribution >= 4 is 0 Å². The third kappa shape index (κ3) is 5.21. The molecule has 0 amide bonds. The summed E-state index contributed by atoms with van der Waals surface area (Å²) in [7, 11) is 0. The predicted octanol–water partition coefficient (Wildman–Crippen LogP) is 2.83. The molecule has 0 atom stereocenters. The van der Waals surface area contributed by atoms with E-state index in [0.29, 0.717) is 6.08 Å². The van der Waals surface area contributed by atoms with E-state index in [2.05, 4.69) is 11.3 Å². The molecule has 0 aromatic rings. The molecule has 0 fully saturated rings. The maximum atomic E-state index is 13.0. The molecule has 15 heavy (non-hydrogen) atoms. The zero-order valence-corrected chi connectivity index (χ0v) is 7.94. The monoisotopic (exact) mass is 226 g/mol. The van der Waals surface area contributed by atoms with Crippen molar-refractivity contribution in [3.8, 4) is 0 Å². The van der Waals surface area contributed by atoms with E-state index in [1.165, 1.54) is 0 Å². The van der Waals surface area contributed by atoms with Crippen LogP contribution in [0, 0.1) is 0 Å². The van der Waals surface area contributed by atoms with Crippen LogP contribution >= 0.6 is 0 Å². The van der Waals surface area contributed by atoms with Crippen molar-refractivity contribution in [2.24, 2.45) is 0 Å². The Hall–Kier alpha value is -1.30. The molecule has 0 saturated heterocycles. The molecular formula is C9H10F4O2. The number of aliphatic hydroxyl groups is 1. The highest BCUT2D eigenvalue weighted by Gasteiger charge is 2.09. The minimum absolute atomic E-state index is 0.435. The average Bonchev–Trinajstić information content (AvgIpc) is 2.01. The number of halogens is 4. The van der Waals surface area contributed by atoms with E-state index in [1.807, 2.05) is 0 Å². The number of hydrogen-bond acceptors (Lipinski definition) is 2. The Balaban J connectivity index is 4.82. The fourth-order valence-corrected chi connectivity index (χ4v) is 0.731. The molecule has 0 bridgehead atoms. The number of alkyl halides is 2. The molecule has 0 radical (unpaired) electrons. The summed E-state index contributed by atoms with van der Waals surface area (Å²) in [5.41, 5.74) is -0.702. The van der Waals surface area contributed by atoms with Gasteiger partial charge >= 0.3 is 6.61 Å². The van der Waals surface area contributed by atoms with E-state index >= 15 is 0 Å². The molecule has 0 aliphatic rings. The van der Waals surface area contributed by atoms with Gasteiger partial charge in [-0.25, -0.2) is 8.78 Å². The van der Waals surface area contributed by atoms with E-state index in [0.717, 1.165) is 6.92 Å². The van der Waals surface area contributed by atoms with Gasteiger partial charge in [0.2, 0.25) is 0 Å². The van der Waals surface area contributed by atoms with Gasteiger partial charge in [-0.2, -0.15) is 8.78 Å². The highest BCUT2D eigenvalue weighted by molar-refractivity contribution is 5.32. The smallest absolute Gasteiger partial charge is 0.387 e. The second-order valence-electron chi connectivity index (χ2n) is 2.52. The standard InChI is InChI=1S/C9H10F4O2/c1-5(15-9(12)13)3-8(11)7(4-14)6(2)10/h3,9,14H,2,4H2,1H3/b5-3+,8-7+. The van der Waals surface area contributed by atoms with Gasteiger partial charge in [-0.05, 0) is 6.92 Å². The molecule has 0 heterocycles. The first-order valence-corrected chi connectivity index (χ1v) is 3.85. The van der Waals surface area contributed by atoms with Crippen molar-refractivity contribution in [3.05, 3.63) is 35.6 Å². The van der Waals surface area contributed by atoms with Gasteiger partial charge in [0.05, 0.1) is 6.61 Å². The molecule has 0 saturated carbocycles. The molecule has 6 heteroatoms. The van der Waals surface area contributed by atoms with Crippen LogP contribution in [0.2, 0.25) is 0 Å². The molecule has 0 rings (SSSR count). The molecule has 0 aromatic heterocycles. The van der Waals surface area contributed by atoms with Crippen LogP contribution in [0.1, 0.15) is 6.92 Å². The minimum Gasteiger partial charge on any atom is -0.440 e. The lowest BCUT2D eigenvalue weighted by Crippen LogP contribution is -1.98. The molecular weight excluding hydrogens is 216 g/mol. The average molecular weight is 226 g/mol. The Morgan fingerprint density at radius 3 is 2.33 bits per heavy atom. The van der Waals surface area contributed by atoms with Crippen molar-refractivity contribution in [1.82, 2.24) is 0 Å². The van der Waals surface area contributed by atoms with Crippen LogP contribution in [0.4, 0.5) is 17.6 Å². The number of aliphatic hydroxyl groups excluding tert-OH is 1. The third-order valence-corrected chi connectivity index (χ3v) is 1.38. The van der Waals surface area contributed by atoms with Gasteiger partial charge in [0.25, 0.3) is 0 Å². The van der Waals surface area contributed by atoms with Crippen LogP contribution in [0.15, 0.2) is 35.6 Å². The lowest BCUT2D eigenvalue weighted by molar-refractivity contribution is -0.0955. The van der Waals surface area contributed by atoms with E-state index in [4.69, 9.17) is 5.11 Å². The Kier molecular flexibility index (Phi) is 5.69. The Bertz CT molecular complexity index is 294. The molecule has 0 aliphatic heterocycles. The highest BCUT2D eigenvalue weighted by Crippen LogP contribution is 2.18. The summed E-state index contributed by atoms with van der Waals surface area (Å²) in [6, 6.07) is 0. The zero-order valence-electron chi connectivity index (χ0n) is 7.94. The summed E-state index contributed by atoms with van der Waals surface area (Å²) in [6.45, 7) is -0.156. The highest BCUT2D eigenvalue weighted by atomic mass is 19.3. The zero-order chi connectivity index (χ0) is 12.0. The largest absolute Gasteiger partial charge is 0.440 e. The van der Waals surface area contributed by atoms with E-state index in [1.54, 1.807) is 0 Å². The lowest BCUT2D eigenvalue weighted by Gasteiger charge is -2.04. The van der Waals surface area contributed by atoms with Gasteiger partial charge < -0.3 is 9.84 Å². The SMILES string of the molecule is C=C(F)/C(CO)=C(F)\C=C(/C)OC(F)F. The van der Waals surface area contributed by atoms with Gasteiger partial charge in [-0.15, -0.1) is 0 Å².